The van der Waals surface area contributed by atoms with Crippen LogP contribution in [0.25, 0.3) is 20.7 Å². The fraction of sp³-hybridized carbons (Fsp3) is 0.227. The zero-order valence-electron chi connectivity index (χ0n) is 16.5. The zero-order chi connectivity index (χ0) is 20.5. The molecular weight excluding hydrogens is 398 g/mol. The quantitative estimate of drug-likeness (QED) is 0.547. The van der Waals surface area contributed by atoms with Crippen molar-refractivity contribution in [2.24, 2.45) is 0 Å². The van der Waals surface area contributed by atoms with E-state index in [9.17, 15) is 4.79 Å². The summed E-state index contributed by atoms with van der Waals surface area (Å²) in [5, 5.41) is 0. The minimum atomic E-state index is -0.0777. The number of methoxy groups -OCH3 is 1. The molecule has 152 valence electrons. The van der Waals surface area contributed by atoms with E-state index in [-0.39, 0.29) is 5.56 Å². The van der Waals surface area contributed by atoms with Gasteiger partial charge in [-0.1, -0.05) is 0 Å². The smallest absolute Gasteiger partial charge is 0.248 e. The van der Waals surface area contributed by atoms with Gasteiger partial charge >= 0.3 is 0 Å². The Kier molecular flexibility index (Phi) is 4.84. The number of aromatic amines is 1. The second-order valence-electron chi connectivity index (χ2n) is 7.14. The highest BCUT2D eigenvalue weighted by atomic mass is 32.1. The number of H-pyrrole nitrogens is 1. The van der Waals surface area contributed by atoms with E-state index < -0.39 is 0 Å². The number of fused-ring (bicyclic) bond motifs is 1. The molecule has 1 aliphatic rings. The number of pyridine rings is 1. The Bertz CT molecular complexity index is 1210. The number of aromatic nitrogens is 3. The number of hydrogen-bond acceptors (Lipinski definition) is 7. The summed E-state index contributed by atoms with van der Waals surface area (Å²) in [6, 6.07) is 13.7. The fourth-order valence-electron chi connectivity index (χ4n) is 3.74. The minimum Gasteiger partial charge on any atom is -0.497 e. The van der Waals surface area contributed by atoms with Gasteiger partial charge in [-0.3, -0.25) is 4.79 Å². The number of thiophene rings is 1. The lowest BCUT2D eigenvalue weighted by molar-refractivity contribution is 0.415. The van der Waals surface area contributed by atoms with Crippen molar-refractivity contribution in [2.45, 2.75) is 0 Å². The molecule has 1 fully saturated rings. The van der Waals surface area contributed by atoms with Gasteiger partial charge in [-0.25, -0.2) is 9.97 Å². The molecule has 0 aliphatic carbocycles. The van der Waals surface area contributed by atoms with Crippen LogP contribution in [0.3, 0.4) is 0 Å². The van der Waals surface area contributed by atoms with Crippen LogP contribution in [0, 0.1) is 0 Å². The van der Waals surface area contributed by atoms with Crippen molar-refractivity contribution in [3.63, 3.8) is 0 Å². The van der Waals surface area contributed by atoms with Gasteiger partial charge in [-0.05, 0) is 42.0 Å². The Morgan fingerprint density at radius 2 is 1.77 bits per heavy atom. The summed E-state index contributed by atoms with van der Waals surface area (Å²) in [4.78, 5) is 28.9. The van der Waals surface area contributed by atoms with Crippen molar-refractivity contribution in [1.82, 2.24) is 15.0 Å². The number of ether oxygens (including phenoxy) is 1. The van der Waals surface area contributed by atoms with E-state index in [1.807, 2.05) is 18.2 Å². The van der Waals surface area contributed by atoms with E-state index in [1.165, 1.54) is 4.88 Å². The highest BCUT2D eigenvalue weighted by Crippen LogP contribution is 2.37. The van der Waals surface area contributed by atoms with Gasteiger partial charge in [0, 0.05) is 43.3 Å². The Hall–Kier alpha value is -3.39. The van der Waals surface area contributed by atoms with Crippen molar-refractivity contribution >= 4 is 33.1 Å². The van der Waals surface area contributed by atoms with Gasteiger partial charge in [-0.2, -0.15) is 0 Å². The summed E-state index contributed by atoms with van der Waals surface area (Å²) < 4.78 is 6.37. The summed E-state index contributed by atoms with van der Waals surface area (Å²) in [5.41, 5.74) is 3.08. The molecule has 0 saturated carbocycles. The van der Waals surface area contributed by atoms with Crippen molar-refractivity contribution in [3.8, 4) is 16.2 Å². The number of hydrogen-bond donors (Lipinski definition) is 1. The molecule has 8 heteroatoms. The third-order valence-corrected chi connectivity index (χ3v) is 6.55. The molecule has 1 aliphatic heterocycles. The molecule has 0 radical (unpaired) electrons. The molecular formula is C22H21N5O2S. The molecule has 0 bridgehead atoms. The van der Waals surface area contributed by atoms with E-state index in [4.69, 9.17) is 4.74 Å². The molecule has 1 aromatic carbocycles. The van der Waals surface area contributed by atoms with Gasteiger partial charge in [0.2, 0.25) is 5.56 Å². The van der Waals surface area contributed by atoms with E-state index in [2.05, 4.69) is 43.0 Å². The second-order valence-corrected chi connectivity index (χ2v) is 8.19. The molecule has 1 saturated heterocycles. The monoisotopic (exact) mass is 419 g/mol. The second kappa shape index (κ2) is 7.79. The van der Waals surface area contributed by atoms with Crippen LogP contribution in [0.1, 0.15) is 0 Å². The number of nitrogens with one attached hydrogen (secondary N) is 1. The predicted octanol–water partition coefficient (Wildman–Crippen LogP) is 3.38. The van der Waals surface area contributed by atoms with Gasteiger partial charge in [0.05, 0.1) is 23.0 Å². The molecule has 5 rings (SSSR count). The molecule has 30 heavy (non-hydrogen) atoms. The summed E-state index contributed by atoms with van der Waals surface area (Å²) in [5.74, 6) is 1.84. The maximum Gasteiger partial charge on any atom is 0.248 e. The highest BCUT2D eigenvalue weighted by molar-refractivity contribution is 7.22. The number of piperazine rings is 1. The average Bonchev–Trinajstić information content (AvgIpc) is 3.24. The lowest BCUT2D eigenvalue weighted by Crippen LogP contribution is -2.47. The van der Waals surface area contributed by atoms with Crippen molar-refractivity contribution < 1.29 is 4.74 Å². The summed E-state index contributed by atoms with van der Waals surface area (Å²) in [6.45, 7) is 3.46. The van der Waals surface area contributed by atoms with E-state index in [1.54, 1.807) is 37.0 Å². The van der Waals surface area contributed by atoms with Crippen LogP contribution in [-0.2, 0) is 0 Å². The van der Waals surface area contributed by atoms with Crippen LogP contribution < -0.4 is 20.1 Å². The van der Waals surface area contributed by atoms with E-state index in [0.29, 0.717) is 0 Å². The molecule has 0 amide bonds. The Morgan fingerprint density at radius 1 is 1.00 bits per heavy atom. The lowest BCUT2D eigenvalue weighted by Gasteiger charge is -2.36. The molecule has 1 N–H and O–H groups in total. The standard InChI is InChI=1S/C22H21N5O2S/c1-29-17-5-2-15(3-6-17)19-12-18-21(30-19)22(25-14-24-18)27-10-8-26(9-11-27)16-4-7-20(28)23-13-16/h2-7,12-14H,8-11H2,1H3,(H,23,28). The van der Waals surface area contributed by atoms with Crippen LogP contribution in [0.5, 0.6) is 5.75 Å². The number of rotatable bonds is 4. The van der Waals surface area contributed by atoms with E-state index >= 15 is 0 Å². The van der Waals surface area contributed by atoms with Crippen molar-refractivity contribution in [3.05, 3.63) is 65.3 Å². The molecule has 0 unspecified atom stereocenters. The normalized spacial score (nSPS) is 14.3. The van der Waals surface area contributed by atoms with Crippen LogP contribution in [-0.4, -0.2) is 48.2 Å². The first kappa shape index (κ1) is 18.6. The van der Waals surface area contributed by atoms with Crippen LogP contribution in [0.15, 0.2) is 59.8 Å². The third-order valence-electron chi connectivity index (χ3n) is 5.38. The topological polar surface area (TPSA) is 74.4 Å². The fourth-order valence-corrected chi connectivity index (χ4v) is 4.87. The van der Waals surface area contributed by atoms with Crippen LogP contribution in [0.2, 0.25) is 0 Å². The first-order valence-corrected chi connectivity index (χ1v) is 10.6. The van der Waals surface area contributed by atoms with E-state index in [0.717, 1.165) is 59.2 Å². The Morgan fingerprint density at radius 3 is 2.47 bits per heavy atom. The molecule has 0 atom stereocenters. The highest BCUT2D eigenvalue weighted by Gasteiger charge is 2.21. The van der Waals surface area contributed by atoms with Crippen LogP contribution >= 0.6 is 11.3 Å². The van der Waals surface area contributed by atoms with Crippen molar-refractivity contribution in [2.75, 3.05) is 43.1 Å². The molecule has 7 nitrogen and oxygen atoms in total. The maximum atomic E-state index is 11.3. The lowest BCUT2D eigenvalue weighted by atomic mass is 10.2. The maximum absolute atomic E-state index is 11.3. The summed E-state index contributed by atoms with van der Waals surface area (Å²) in [7, 11) is 1.67. The first-order chi connectivity index (χ1) is 14.7. The predicted molar refractivity (Wildman–Crippen MR) is 121 cm³/mol. The Balaban J connectivity index is 1.39. The Labute approximate surface area is 177 Å². The minimum absolute atomic E-state index is 0.0777. The molecule has 4 aromatic rings. The third kappa shape index (κ3) is 3.50. The first-order valence-electron chi connectivity index (χ1n) is 9.79. The molecule has 4 heterocycles. The largest absolute Gasteiger partial charge is 0.497 e. The van der Waals surface area contributed by atoms with Crippen molar-refractivity contribution in [1.29, 1.82) is 0 Å². The van der Waals surface area contributed by atoms with Gasteiger partial charge < -0.3 is 19.5 Å². The number of benzene rings is 1. The SMILES string of the molecule is COc1ccc(-c2cc3ncnc(N4CCN(c5ccc(=O)[nH]c5)CC4)c3s2)cc1. The number of nitrogens with zero attached hydrogens (tertiary/aromatic N) is 4. The van der Waals surface area contributed by atoms with Gasteiger partial charge in [0.1, 0.15) is 17.9 Å². The van der Waals surface area contributed by atoms with Crippen LogP contribution in [0.4, 0.5) is 11.5 Å². The van der Waals surface area contributed by atoms with Gasteiger partial charge in [-0.15, -0.1) is 11.3 Å². The molecule has 0 spiro atoms. The molecule has 3 aromatic heterocycles. The van der Waals surface area contributed by atoms with Gasteiger partial charge in [0.25, 0.3) is 0 Å². The van der Waals surface area contributed by atoms with Gasteiger partial charge in [0.15, 0.2) is 0 Å². The summed E-state index contributed by atoms with van der Waals surface area (Å²) in [6.07, 6.45) is 3.43. The zero-order valence-corrected chi connectivity index (χ0v) is 17.4. The number of anilines is 2. The summed E-state index contributed by atoms with van der Waals surface area (Å²) >= 11 is 1.72. The average molecular weight is 420 g/mol.